The van der Waals surface area contributed by atoms with Crippen LogP contribution >= 0.6 is 0 Å². The third-order valence-electron chi connectivity index (χ3n) is 4.17. The van der Waals surface area contributed by atoms with E-state index in [0.29, 0.717) is 17.6 Å². The highest BCUT2D eigenvalue weighted by atomic mass is 16.6. The molecule has 19 heavy (non-hydrogen) atoms. The first kappa shape index (κ1) is 13.6. The van der Waals surface area contributed by atoms with Crippen molar-refractivity contribution < 1.29 is 4.92 Å². The van der Waals surface area contributed by atoms with Crippen molar-refractivity contribution in [2.24, 2.45) is 5.92 Å². The highest BCUT2D eigenvalue weighted by Crippen LogP contribution is 2.34. The number of anilines is 2. The predicted octanol–water partition coefficient (Wildman–Crippen LogP) is 3.19. The van der Waals surface area contributed by atoms with Crippen LogP contribution in [0.3, 0.4) is 0 Å². The van der Waals surface area contributed by atoms with E-state index in [1.165, 1.54) is 31.4 Å². The predicted molar refractivity (Wildman–Crippen MR) is 77.3 cm³/mol. The zero-order valence-electron chi connectivity index (χ0n) is 11.5. The van der Waals surface area contributed by atoms with E-state index >= 15 is 0 Å². The zero-order valence-corrected chi connectivity index (χ0v) is 11.5. The van der Waals surface area contributed by atoms with E-state index in [0.717, 1.165) is 12.1 Å². The van der Waals surface area contributed by atoms with Crippen LogP contribution in [0.2, 0.25) is 0 Å². The minimum Gasteiger partial charge on any atom is -0.397 e. The molecule has 0 aliphatic heterocycles. The largest absolute Gasteiger partial charge is 0.397 e. The first-order valence-corrected chi connectivity index (χ1v) is 6.77. The summed E-state index contributed by atoms with van der Waals surface area (Å²) < 4.78 is 0. The van der Waals surface area contributed by atoms with E-state index < -0.39 is 4.92 Å². The number of hydrogen-bond acceptors (Lipinski definition) is 4. The van der Waals surface area contributed by atoms with Crippen molar-refractivity contribution in [1.29, 1.82) is 0 Å². The molecule has 1 fully saturated rings. The summed E-state index contributed by atoms with van der Waals surface area (Å²) in [5.74, 6) is 0.633. The number of nitrogens with zero attached hydrogens (tertiary/aromatic N) is 2. The van der Waals surface area contributed by atoms with Crippen LogP contribution in [0.1, 0.15) is 32.6 Å². The van der Waals surface area contributed by atoms with Crippen LogP contribution in [0.4, 0.5) is 17.1 Å². The Morgan fingerprint density at radius 2 is 2.05 bits per heavy atom. The summed E-state index contributed by atoms with van der Waals surface area (Å²) in [6.07, 6.45) is 4.93. The van der Waals surface area contributed by atoms with Gasteiger partial charge in [0, 0.05) is 25.2 Å². The Kier molecular flexibility index (Phi) is 3.93. The second-order valence-electron chi connectivity index (χ2n) is 5.44. The second-order valence-corrected chi connectivity index (χ2v) is 5.44. The van der Waals surface area contributed by atoms with Crippen molar-refractivity contribution in [3.63, 3.8) is 0 Å². The van der Waals surface area contributed by atoms with Crippen molar-refractivity contribution >= 4 is 17.1 Å². The number of hydrogen-bond donors (Lipinski definition) is 1. The van der Waals surface area contributed by atoms with Gasteiger partial charge >= 0.3 is 0 Å². The summed E-state index contributed by atoms with van der Waals surface area (Å²) in [6, 6.07) is 5.20. The van der Waals surface area contributed by atoms with Gasteiger partial charge in [0.2, 0.25) is 0 Å². The van der Waals surface area contributed by atoms with Gasteiger partial charge in [-0.15, -0.1) is 0 Å². The first-order chi connectivity index (χ1) is 9.00. The molecule has 1 aromatic rings. The normalized spacial score (nSPS) is 23.1. The minimum atomic E-state index is -0.413. The Morgan fingerprint density at radius 1 is 1.37 bits per heavy atom. The molecule has 5 nitrogen and oxygen atoms in total. The van der Waals surface area contributed by atoms with Crippen LogP contribution in [-0.2, 0) is 0 Å². The monoisotopic (exact) mass is 263 g/mol. The molecular formula is C14H21N3O2. The van der Waals surface area contributed by atoms with E-state index in [9.17, 15) is 10.1 Å². The molecule has 2 atom stereocenters. The number of nitro benzene ring substituents is 1. The van der Waals surface area contributed by atoms with Gasteiger partial charge in [0.15, 0.2) is 0 Å². The number of rotatable bonds is 3. The maximum absolute atomic E-state index is 10.7. The molecule has 0 aromatic heterocycles. The number of nitrogen functional groups attached to an aromatic ring is 1. The Hall–Kier alpha value is -1.78. The SMILES string of the molecule is CC1CCCCC1N(C)c1ccc([N+](=O)[O-])cc1N. The molecule has 104 valence electrons. The fourth-order valence-corrected chi connectivity index (χ4v) is 3.03. The molecule has 2 unspecified atom stereocenters. The lowest BCUT2D eigenvalue weighted by Gasteiger charge is -2.38. The van der Waals surface area contributed by atoms with Gasteiger partial charge in [0.25, 0.3) is 5.69 Å². The maximum Gasteiger partial charge on any atom is 0.271 e. The van der Waals surface area contributed by atoms with Gasteiger partial charge in [-0.3, -0.25) is 10.1 Å². The molecule has 1 aromatic carbocycles. The highest BCUT2D eigenvalue weighted by Gasteiger charge is 2.26. The molecule has 0 heterocycles. The Morgan fingerprint density at radius 3 is 2.63 bits per heavy atom. The van der Waals surface area contributed by atoms with Gasteiger partial charge in [0.05, 0.1) is 16.3 Å². The smallest absolute Gasteiger partial charge is 0.271 e. The molecule has 1 saturated carbocycles. The van der Waals surface area contributed by atoms with Gasteiger partial charge in [-0.25, -0.2) is 0 Å². The van der Waals surface area contributed by atoms with Crippen LogP contribution < -0.4 is 10.6 Å². The van der Waals surface area contributed by atoms with E-state index in [2.05, 4.69) is 11.8 Å². The fourth-order valence-electron chi connectivity index (χ4n) is 3.03. The third kappa shape index (κ3) is 2.80. The van der Waals surface area contributed by atoms with Gasteiger partial charge in [0.1, 0.15) is 0 Å². The molecular weight excluding hydrogens is 242 g/mol. The molecule has 1 aliphatic carbocycles. The average Bonchev–Trinajstić information content (AvgIpc) is 2.38. The molecule has 0 bridgehead atoms. The van der Waals surface area contributed by atoms with Crippen LogP contribution in [0.15, 0.2) is 18.2 Å². The van der Waals surface area contributed by atoms with Gasteiger partial charge in [-0.1, -0.05) is 19.8 Å². The molecule has 5 heteroatoms. The van der Waals surface area contributed by atoms with Crippen molar-refractivity contribution in [2.45, 2.75) is 38.6 Å². The standard InChI is InChI=1S/C14H21N3O2/c1-10-5-3-4-6-13(10)16(2)14-8-7-11(17(18)19)9-12(14)15/h7-10,13H,3-6,15H2,1-2H3. The summed E-state index contributed by atoms with van der Waals surface area (Å²) in [4.78, 5) is 12.5. The molecule has 2 rings (SSSR count). The van der Waals surface area contributed by atoms with Gasteiger partial charge in [-0.05, 0) is 24.8 Å². The van der Waals surface area contributed by atoms with Crippen LogP contribution in [0.5, 0.6) is 0 Å². The van der Waals surface area contributed by atoms with Crippen molar-refractivity contribution in [3.05, 3.63) is 28.3 Å². The number of non-ortho nitro benzene ring substituents is 1. The number of benzene rings is 1. The van der Waals surface area contributed by atoms with Crippen molar-refractivity contribution in [1.82, 2.24) is 0 Å². The maximum atomic E-state index is 10.7. The lowest BCUT2D eigenvalue weighted by atomic mass is 9.85. The second kappa shape index (κ2) is 5.47. The van der Waals surface area contributed by atoms with Crippen LogP contribution in [-0.4, -0.2) is 18.0 Å². The van der Waals surface area contributed by atoms with Crippen LogP contribution in [0, 0.1) is 16.0 Å². The summed E-state index contributed by atoms with van der Waals surface area (Å²) >= 11 is 0. The molecule has 0 spiro atoms. The topological polar surface area (TPSA) is 72.4 Å². The lowest BCUT2D eigenvalue weighted by Crippen LogP contribution is -2.39. The van der Waals surface area contributed by atoms with Crippen molar-refractivity contribution in [3.8, 4) is 0 Å². The highest BCUT2D eigenvalue weighted by molar-refractivity contribution is 5.70. The lowest BCUT2D eigenvalue weighted by molar-refractivity contribution is -0.384. The molecule has 1 aliphatic rings. The summed E-state index contributed by atoms with van der Waals surface area (Å²) in [5, 5.41) is 10.7. The number of nitrogens with two attached hydrogens (primary N) is 1. The first-order valence-electron chi connectivity index (χ1n) is 6.77. The third-order valence-corrected chi connectivity index (χ3v) is 4.17. The Bertz CT molecular complexity index is 476. The van der Waals surface area contributed by atoms with E-state index in [1.54, 1.807) is 6.07 Å². The minimum absolute atomic E-state index is 0.0475. The zero-order chi connectivity index (χ0) is 14.0. The Balaban J connectivity index is 2.23. The van der Waals surface area contributed by atoms with Crippen LogP contribution in [0.25, 0.3) is 0 Å². The van der Waals surface area contributed by atoms with E-state index in [1.807, 2.05) is 7.05 Å². The molecule has 2 N–H and O–H groups in total. The average molecular weight is 263 g/mol. The fraction of sp³-hybridized carbons (Fsp3) is 0.571. The molecule has 0 radical (unpaired) electrons. The quantitative estimate of drug-likeness (QED) is 0.516. The summed E-state index contributed by atoms with van der Waals surface area (Å²) in [7, 11) is 2.03. The van der Waals surface area contributed by atoms with E-state index in [4.69, 9.17) is 5.73 Å². The Labute approximate surface area is 113 Å². The van der Waals surface area contributed by atoms with Crippen molar-refractivity contribution in [2.75, 3.05) is 17.7 Å². The molecule has 0 amide bonds. The van der Waals surface area contributed by atoms with Gasteiger partial charge < -0.3 is 10.6 Å². The summed E-state index contributed by atoms with van der Waals surface area (Å²) in [6.45, 7) is 2.27. The van der Waals surface area contributed by atoms with Gasteiger partial charge in [-0.2, -0.15) is 0 Å². The number of nitro groups is 1. The molecule has 0 saturated heterocycles. The van der Waals surface area contributed by atoms with E-state index in [-0.39, 0.29) is 5.69 Å². The summed E-state index contributed by atoms with van der Waals surface area (Å²) in [5.41, 5.74) is 7.39.